The van der Waals surface area contributed by atoms with Gasteiger partial charge in [-0.05, 0) is 12.1 Å². The molecule has 0 bridgehead atoms. The molecular formula is C14H16N4O2. The number of para-hydroxylation sites is 1. The Kier molecular flexibility index (Phi) is 3.76. The van der Waals surface area contributed by atoms with Gasteiger partial charge in [-0.25, -0.2) is 15.8 Å². The van der Waals surface area contributed by atoms with Gasteiger partial charge in [0.1, 0.15) is 18.2 Å². The van der Waals surface area contributed by atoms with Crippen molar-refractivity contribution in [2.45, 2.75) is 19.6 Å². The topological polar surface area (TPSA) is 82.3 Å². The van der Waals surface area contributed by atoms with Gasteiger partial charge in [0.15, 0.2) is 5.82 Å². The van der Waals surface area contributed by atoms with Crippen molar-refractivity contribution in [3.63, 3.8) is 0 Å². The number of fused-ring (bicyclic) bond motifs is 1. The zero-order valence-electron chi connectivity index (χ0n) is 11.0. The van der Waals surface area contributed by atoms with Crippen LogP contribution >= 0.6 is 0 Å². The molecule has 0 saturated heterocycles. The molecule has 0 unspecified atom stereocenters. The summed E-state index contributed by atoms with van der Waals surface area (Å²) in [6.07, 6.45) is 0.769. The van der Waals surface area contributed by atoms with Crippen molar-refractivity contribution in [2.24, 2.45) is 5.84 Å². The highest BCUT2D eigenvalue weighted by molar-refractivity contribution is 5.46. The summed E-state index contributed by atoms with van der Waals surface area (Å²) in [5, 5.41) is 0. The van der Waals surface area contributed by atoms with E-state index in [-0.39, 0.29) is 0 Å². The summed E-state index contributed by atoms with van der Waals surface area (Å²) in [6, 6.07) is 9.59. The first-order chi connectivity index (χ1) is 9.86. The summed E-state index contributed by atoms with van der Waals surface area (Å²) in [5.41, 5.74) is 4.52. The molecule has 1 aliphatic rings. The van der Waals surface area contributed by atoms with Crippen LogP contribution < -0.4 is 16.0 Å². The number of benzene rings is 1. The second-order valence-electron chi connectivity index (χ2n) is 4.46. The van der Waals surface area contributed by atoms with Crippen LogP contribution in [0.4, 0.5) is 5.82 Å². The van der Waals surface area contributed by atoms with Crippen LogP contribution in [-0.2, 0) is 24.4 Å². The molecule has 0 saturated carbocycles. The summed E-state index contributed by atoms with van der Waals surface area (Å²) >= 11 is 0. The van der Waals surface area contributed by atoms with E-state index in [1.807, 2.05) is 30.3 Å². The van der Waals surface area contributed by atoms with Crippen LogP contribution in [-0.4, -0.2) is 16.6 Å². The van der Waals surface area contributed by atoms with Crippen molar-refractivity contribution in [1.29, 1.82) is 0 Å². The molecule has 0 aliphatic carbocycles. The molecule has 0 amide bonds. The van der Waals surface area contributed by atoms with Gasteiger partial charge in [0.05, 0.1) is 18.9 Å². The van der Waals surface area contributed by atoms with E-state index in [4.69, 9.17) is 15.3 Å². The number of rotatable bonds is 4. The summed E-state index contributed by atoms with van der Waals surface area (Å²) in [7, 11) is 0. The number of nitrogens with one attached hydrogen (secondary N) is 1. The molecule has 3 rings (SSSR count). The summed E-state index contributed by atoms with van der Waals surface area (Å²) in [5.74, 6) is 7.53. The van der Waals surface area contributed by atoms with Crippen LogP contribution in [0.3, 0.4) is 0 Å². The summed E-state index contributed by atoms with van der Waals surface area (Å²) < 4.78 is 11.1. The average molecular weight is 272 g/mol. The van der Waals surface area contributed by atoms with Crippen molar-refractivity contribution in [3.05, 3.63) is 47.4 Å². The fraction of sp³-hybridized carbons (Fsp3) is 0.286. The number of anilines is 1. The Morgan fingerprint density at radius 2 is 2.10 bits per heavy atom. The standard InChI is InChI=1S/C14H16N4O2/c15-18-14-11-8-19-7-6-12(11)16-13(17-14)9-20-10-4-2-1-3-5-10/h1-5H,6-9,15H2,(H,16,17,18). The lowest BCUT2D eigenvalue weighted by atomic mass is 10.1. The maximum Gasteiger partial charge on any atom is 0.168 e. The first-order valence-corrected chi connectivity index (χ1v) is 6.47. The van der Waals surface area contributed by atoms with E-state index in [1.165, 1.54) is 0 Å². The average Bonchev–Trinajstić information content (AvgIpc) is 2.53. The molecule has 0 radical (unpaired) electrons. The van der Waals surface area contributed by atoms with Gasteiger partial charge < -0.3 is 14.9 Å². The van der Waals surface area contributed by atoms with Crippen molar-refractivity contribution in [3.8, 4) is 5.75 Å². The van der Waals surface area contributed by atoms with Gasteiger partial charge in [-0.15, -0.1) is 0 Å². The van der Waals surface area contributed by atoms with E-state index >= 15 is 0 Å². The molecule has 2 aromatic rings. The maximum atomic E-state index is 5.66. The first kappa shape index (κ1) is 12.8. The zero-order valence-corrected chi connectivity index (χ0v) is 11.0. The minimum atomic E-state index is 0.312. The molecule has 104 valence electrons. The van der Waals surface area contributed by atoms with E-state index in [9.17, 15) is 0 Å². The Bertz CT molecular complexity index is 572. The zero-order chi connectivity index (χ0) is 13.8. The van der Waals surface area contributed by atoms with Crippen LogP contribution in [0.1, 0.15) is 17.1 Å². The highest BCUT2D eigenvalue weighted by Crippen LogP contribution is 2.22. The molecule has 6 heteroatoms. The fourth-order valence-corrected chi connectivity index (χ4v) is 2.13. The van der Waals surface area contributed by atoms with Gasteiger partial charge in [-0.2, -0.15) is 0 Å². The van der Waals surface area contributed by atoms with Gasteiger partial charge >= 0.3 is 0 Å². The van der Waals surface area contributed by atoms with E-state index < -0.39 is 0 Å². The lowest BCUT2D eigenvalue weighted by Gasteiger charge is -2.19. The third-order valence-electron chi connectivity index (χ3n) is 3.12. The van der Waals surface area contributed by atoms with E-state index in [2.05, 4.69) is 15.4 Å². The molecule has 6 nitrogen and oxygen atoms in total. The van der Waals surface area contributed by atoms with Gasteiger partial charge in [0, 0.05) is 12.0 Å². The number of hydrazine groups is 1. The number of nitrogen functional groups attached to an aromatic ring is 1. The Morgan fingerprint density at radius 3 is 2.90 bits per heavy atom. The monoisotopic (exact) mass is 272 g/mol. The molecule has 1 aromatic heterocycles. The van der Waals surface area contributed by atoms with E-state index in [0.29, 0.717) is 31.5 Å². The first-order valence-electron chi connectivity index (χ1n) is 6.47. The van der Waals surface area contributed by atoms with Gasteiger partial charge in [-0.3, -0.25) is 0 Å². The maximum absolute atomic E-state index is 5.66. The highest BCUT2D eigenvalue weighted by Gasteiger charge is 2.17. The molecule has 0 atom stereocenters. The minimum Gasteiger partial charge on any atom is -0.486 e. The van der Waals surface area contributed by atoms with Gasteiger partial charge in [0.2, 0.25) is 0 Å². The molecule has 1 aliphatic heterocycles. The molecule has 0 spiro atoms. The molecular weight excluding hydrogens is 256 g/mol. The van der Waals surface area contributed by atoms with Gasteiger partial charge in [0.25, 0.3) is 0 Å². The lowest BCUT2D eigenvalue weighted by molar-refractivity contribution is 0.109. The number of nitrogens with two attached hydrogens (primary N) is 1. The number of ether oxygens (including phenoxy) is 2. The van der Waals surface area contributed by atoms with Crippen LogP contribution in [0, 0.1) is 0 Å². The number of hydrogen-bond acceptors (Lipinski definition) is 6. The van der Waals surface area contributed by atoms with Crippen molar-refractivity contribution < 1.29 is 9.47 Å². The minimum absolute atomic E-state index is 0.312. The largest absolute Gasteiger partial charge is 0.486 e. The Balaban J connectivity index is 1.79. The van der Waals surface area contributed by atoms with Crippen molar-refractivity contribution >= 4 is 5.82 Å². The van der Waals surface area contributed by atoms with Crippen molar-refractivity contribution in [2.75, 3.05) is 12.0 Å². The lowest BCUT2D eigenvalue weighted by Crippen LogP contribution is -2.21. The molecule has 0 fully saturated rings. The molecule has 3 N–H and O–H groups in total. The van der Waals surface area contributed by atoms with Crippen LogP contribution in [0.2, 0.25) is 0 Å². The van der Waals surface area contributed by atoms with Crippen LogP contribution in [0.15, 0.2) is 30.3 Å². The fourth-order valence-electron chi connectivity index (χ4n) is 2.13. The molecule has 20 heavy (non-hydrogen) atoms. The van der Waals surface area contributed by atoms with Crippen LogP contribution in [0.5, 0.6) is 5.75 Å². The molecule has 1 aromatic carbocycles. The second-order valence-corrected chi connectivity index (χ2v) is 4.46. The van der Waals surface area contributed by atoms with Crippen LogP contribution in [0.25, 0.3) is 0 Å². The predicted molar refractivity (Wildman–Crippen MR) is 74.0 cm³/mol. The number of nitrogens with zero attached hydrogens (tertiary/aromatic N) is 2. The Labute approximate surface area is 116 Å². The second kappa shape index (κ2) is 5.85. The highest BCUT2D eigenvalue weighted by atomic mass is 16.5. The quantitative estimate of drug-likeness (QED) is 0.647. The van der Waals surface area contributed by atoms with E-state index in [1.54, 1.807) is 0 Å². The normalized spacial score (nSPS) is 13.7. The number of aromatic nitrogens is 2. The van der Waals surface area contributed by atoms with Crippen molar-refractivity contribution in [1.82, 2.24) is 9.97 Å². The van der Waals surface area contributed by atoms with Gasteiger partial charge in [-0.1, -0.05) is 18.2 Å². The predicted octanol–water partition coefficient (Wildman–Crippen LogP) is 1.41. The summed E-state index contributed by atoms with van der Waals surface area (Å²) in [4.78, 5) is 8.89. The van der Waals surface area contributed by atoms with E-state index in [0.717, 1.165) is 23.4 Å². The Morgan fingerprint density at radius 1 is 1.25 bits per heavy atom. The SMILES string of the molecule is NNc1nc(COc2ccccc2)nc2c1COCC2. The molecule has 2 heterocycles. The summed E-state index contributed by atoms with van der Waals surface area (Å²) in [6.45, 7) is 1.48. The third-order valence-corrected chi connectivity index (χ3v) is 3.12. The third kappa shape index (κ3) is 2.71. The number of hydrogen-bond donors (Lipinski definition) is 2. The smallest absolute Gasteiger partial charge is 0.168 e. The Hall–Kier alpha value is -2.18.